The summed E-state index contributed by atoms with van der Waals surface area (Å²) in [5, 5.41) is 9.90. The Morgan fingerprint density at radius 1 is 1.37 bits per heavy atom. The van der Waals surface area contributed by atoms with E-state index in [2.05, 4.69) is 4.72 Å². The second kappa shape index (κ2) is 6.00. The first-order valence-corrected chi connectivity index (χ1v) is 7.44. The van der Waals surface area contributed by atoms with E-state index in [1.165, 1.54) is 14.0 Å². The Morgan fingerprint density at radius 2 is 2.00 bits per heavy atom. The van der Waals surface area contributed by atoms with Crippen LogP contribution in [0.2, 0.25) is 0 Å². The van der Waals surface area contributed by atoms with Crippen LogP contribution in [0.5, 0.6) is 0 Å². The lowest BCUT2D eigenvalue weighted by Crippen LogP contribution is -2.43. The van der Waals surface area contributed by atoms with Gasteiger partial charge in [0.25, 0.3) is 0 Å². The average molecular weight is 287 g/mol. The molecule has 1 rings (SSSR count). The molecule has 0 radical (unpaired) electrons. The Labute approximate surface area is 114 Å². The average Bonchev–Trinajstić information content (AvgIpc) is 2.30. The maximum atomic E-state index is 12.2. The number of sulfonamides is 1. The van der Waals surface area contributed by atoms with Crippen molar-refractivity contribution < 1.29 is 18.3 Å². The fourth-order valence-corrected chi connectivity index (χ4v) is 3.18. The lowest BCUT2D eigenvalue weighted by atomic mass is 10.1. The van der Waals surface area contributed by atoms with Crippen LogP contribution in [0.25, 0.3) is 0 Å². The first-order valence-electron chi connectivity index (χ1n) is 5.96. The molecule has 1 aromatic carbocycles. The van der Waals surface area contributed by atoms with Crippen molar-refractivity contribution in [2.45, 2.75) is 31.3 Å². The fourth-order valence-electron chi connectivity index (χ4n) is 1.69. The van der Waals surface area contributed by atoms with Crippen LogP contribution in [0, 0.1) is 13.8 Å². The third-order valence-corrected chi connectivity index (χ3v) is 4.27. The first-order chi connectivity index (χ1) is 8.68. The molecule has 0 aliphatic heterocycles. The molecule has 0 spiro atoms. The largest absolute Gasteiger partial charge is 0.386 e. The van der Waals surface area contributed by atoms with Crippen LogP contribution in [0.1, 0.15) is 18.1 Å². The summed E-state index contributed by atoms with van der Waals surface area (Å²) in [6, 6.07) is 5.23. The molecule has 0 bridgehead atoms. The zero-order valence-electron chi connectivity index (χ0n) is 11.7. The monoisotopic (exact) mass is 287 g/mol. The van der Waals surface area contributed by atoms with Crippen LogP contribution < -0.4 is 4.72 Å². The van der Waals surface area contributed by atoms with Gasteiger partial charge in [0.05, 0.1) is 17.1 Å². The number of benzene rings is 1. The molecule has 108 valence electrons. The van der Waals surface area contributed by atoms with E-state index < -0.39 is 15.6 Å². The van der Waals surface area contributed by atoms with E-state index in [1.54, 1.807) is 19.1 Å². The Balaban J connectivity index is 2.90. The normalized spacial score (nSPS) is 15.2. The number of aliphatic hydroxyl groups is 1. The summed E-state index contributed by atoms with van der Waals surface area (Å²) in [6.07, 6.45) is 0. The van der Waals surface area contributed by atoms with E-state index >= 15 is 0 Å². The van der Waals surface area contributed by atoms with Gasteiger partial charge in [0.1, 0.15) is 0 Å². The maximum absolute atomic E-state index is 12.2. The van der Waals surface area contributed by atoms with Crippen molar-refractivity contribution in [3.8, 4) is 0 Å². The Morgan fingerprint density at radius 3 is 2.58 bits per heavy atom. The molecular formula is C13H21NO4S. The van der Waals surface area contributed by atoms with E-state index in [0.717, 1.165) is 5.56 Å². The van der Waals surface area contributed by atoms with E-state index in [9.17, 15) is 13.5 Å². The lowest BCUT2D eigenvalue weighted by molar-refractivity contribution is -0.0119. The highest BCUT2D eigenvalue weighted by Crippen LogP contribution is 2.17. The molecule has 2 N–H and O–H groups in total. The summed E-state index contributed by atoms with van der Waals surface area (Å²) in [5.74, 6) is 0. The zero-order valence-corrected chi connectivity index (χ0v) is 12.5. The minimum atomic E-state index is -3.63. The molecule has 6 heteroatoms. The second-order valence-corrected chi connectivity index (χ2v) is 6.76. The number of rotatable bonds is 6. The molecule has 1 atom stereocenters. The van der Waals surface area contributed by atoms with Crippen LogP contribution in [-0.2, 0) is 14.8 Å². The third kappa shape index (κ3) is 4.58. The van der Waals surface area contributed by atoms with E-state index in [1.807, 2.05) is 13.0 Å². The minimum absolute atomic E-state index is 0.0579. The van der Waals surface area contributed by atoms with Crippen LogP contribution >= 0.6 is 0 Å². The van der Waals surface area contributed by atoms with E-state index in [4.69, 9.17) is 4.74 Å². The van der Waals surface area contributed by atoms with Crippen molar-refractivity contribution in [1.29, 1.82) is 0 Å². The maximum Gasteiger partial charge on any atom is 0.240 e. The SMILES string of the molecule is COCC(C)(O)CNS(=O)(=O)c1cc(C)ccc1C. The third-order valence-electron chi connectivity index (χ3n) is 2.73. The molecule has 0 heterocycles. The van der Waals surface area contributed by atoms with Gasteiger partial charge in [0.2, 0.25) is 10.0 Å². The molecule has 0 fully saturated rings. The highest BCUT2D eigenvalue weighted by Gasteiger charge is 2.25. The van der Waals surface area contributed by atoms with Gasteiger partial charge >= 0.3 is 0 Å². The molecule has 5 nitrogen and oxygen atoms in total. The summed E-state index contributed by atoms with van der Waals surface area (Å²) >= 11 is 0. The number of aryl methyl sites for hydroxylation is 2. The van der Waals surface area contributed by atoms with Crippen molar-refractivity contribution in [2.24, 2.45) is 0 Å². The van der Waals surface area contributed by atoms with Crippen molar-refractivity contribution >= 4 is 10.0 Å². The zero-order chi connectivity index (χ0) is 14.7. The van der Waals surface area contributed by atoms with Crippen LogP contribution in [0.15, 0.2) is 23.1 Å². The summed E-state index contributed by atoms with van der Waals surface area (Å²) < 4.78 is 31.6. The van der Waals surface area contributed by atoms with E-state index in [0.29, 0.717) is 5.56 Å². The number of hydrogen-bond donors (Lipinski definition) is 2. The number of hydrogen-bond acceptors (Lipinski definition) is 4. The molecule has 19 heavy (non-hydrogen) atoms. The molecule has 0 aromatic heterocycles. The first kappa shape index (κ1) is 16.1. The molecule has 1 aromatic rings. The summed E-state index contributed by atoms with van der Waals surface area (Å²) in [7, 11) is -2.18. The predicted molar refractivity (Wildman–Crippen MR) is 73.6 cm³/mol. The van der Waals surface area contributed by atoms with Crippen molar-refractivity contribution in [2.75, 3.05) is 20.3 Å². The summed E-state index contributed by atoms with van der Waals surface area (Å²) in [4.78, 5) is 0.237. The Hall–Kier alpha value is -0.950. The van der Waals surface area contributed by atoms with Gasteiger partial charge in [-0.25, -0.2) is 13.1 Å². The molecule has 0 saturated heterocycles. The fraction of sp³-hybridized carbons (Fsp3) is 0.538. The van der Waals surface area contributed by atoms with E-state index in [-0.39, 0.29) is 18.0 Å². The van der Waals surface area contributed by atoms with Crippen molar-refractivity contribution in [1.82, 2.24) is 4.72 Å². The van der Waals surface area contributed by atoms with Crippen LogP contribution in [-0.4, -0.2) is 39.4 Å². The Kier molecular flexibility index (Phi) is 5.09. The topological polar surface area (TPSA) is 75.6 Å². The van der Waals surface area contributed by atoms with Crippen molar-refractivity contribution in [3.05, 3.63) is 29.3 Å². The number of nitrogens with one attached hydrogen (secondary N) is 1. The lowest BCUT2D eigenvalue weighted by Gasteiger charge is -2.22. The molecule has 0 amide bonds. The quantitative estimate of drug-likeness (QED) is 0.818. The standard InChI is InChI=1S/C13H21NO4S/c1-10-5-6-11(2)12(7-10)19(16,17)14-8-13(3,15)9-18-4/h5-7,14-15H,8-9H2,1-4H3. The van der Waals surface area contributed by atoms with Gasteiger partial charge in [-0.1, -0.05) is 12.1 Å². The molecule has 0 aliphatic carbocycles. The number of ether oxygens (including phenoxy) is 1. The van der Waals surface area contributed by atoms with Gasteiger partial charge < -0.3 is 9.84 Å². The van der Waals surface area contributed by atoms with Crippen LogP contribution in [0.3, 0.4) is 0 Å². The smallest absolute Gasteiger partial charge is 0.240 e. The number of methoxy groups -OCH3 is 1. The summed E-state index contributed by atoms with van der Waals surface area (Å²) in [6.45, 7) is 5.04. The Bertz CT molecular complexity index is 538. The van der Waals surface area contributed by atoms with Crippen LogP contribution in [0.4, 0.5) is 0 Å². The molecular weight excluding hydrogens is 266 g/mol. The second-order valence-electron chi connectivity index (χ2n) is 5.02. The van der Waals surface area contributed by atoms with Gasteiger partial charge in [-0.15, -0.1) is 0 Å². The van der Waals surface area contributed by atoms with Gasteiger partial charge in [-0.2, -0.15) is 0 Å². The van der Waals surface area contributed by atoms with Gasteiger partial charge in [0, 0.05) is 13.7 Å². The van der Waals surface area contributed by atoms with Gasteiger partial charge in [0.15, 0.2) is 0 Å². The highest BCUT2D eigenvalue weighted by molar-refractivity contribution is 7.89. The highest BCUT2D eigenvalue weighted by atomic mass is 32.2. The molecule has 1 unspecified atom stereocenters. The summed E-state index contributed by atoms with van der Waals surface area (Å²) in [5.41, 5.74) is 0.304. The molecule has 0 saturated carbocycles. The molecule has 0 aliphatic rings. The predicted octanol–water partition coefficient (Wildman–Crippen LogP) is 0.979. The van der Waals surface area contributed by atoms with Gasteiger partial charge in [-0.3, -0.25) is 0 Å². The van der Waals surface area contributed by atoms with Crippen molar-refractivity contribution in [3.63, 3.8) is 0 Å². The van der Waals surface area contributed by atoms with Gasteiger partial charge in [-0.05, 0) is 38.0 Å². The minimum Gasteiger partial charge on any atom is -0.386 e.